The first-order chi connectivity index (χ1) is 5.18. The van der Waals surface area contributed by atoms with E-state index in [9.17, 15) is 4.57 Å². The summed E-state index contributed by atoms with van der Waals surface area (Å²) < 4.78 is 22.5. The van der Waals surface area contributed by atoms with E-state index in [4.69, 9.17) is 9.05 Å². The van der Waals surface area contributed by atoms with E-state index >= 15 is 0 Å². The lowest BCUT2D eigenvalue weighted by molar-refractivity contribution is 0.237. The Morgan fingerprint density at radius 3 is 2.18 bits per heavy atom. The van der Waals surface area contributed by atoms with Crippen molar-refractivity contribution in [3.05, 3.63) is 0 Å². The lowest BCUT2D eigenvalue weighted by Gasteiger charge is -2.12. The molecule has 0 N–H and O–H groups in total. The van der Waals surface area contributed by atoms with Crippen molar-refractivity contribution < 1.29 is 13.6 Å². The van der Waals surface area contributed by atoms with Crippen molar-refractivity contribution >= 4 is 35.1 Å². The van der Waals surface area contributed by atoms with Crippen LogP contribution in [0.4, 0.5) is 0 Å². The zero-order chi connectivity index (χ0) is 8.74. The summed E-state index contributed by atoms with van der Waals surface area (Å²) in [5.41, 5.74) is 0. The van der Waals surface area contributed by atoms with E-state index < -0.39 is 6.80 Å². The van der Waals surface area contributed by atoms with E-state index in [2.05, 4.69) is 12.2 Å². The molecule has 0 amide bonds. The Hall–Kier alpha value is 0.590. The van der Waals surface area contributed by atoms with Gasteiger partial charge in [-0.2, -0.15) is 0 Å². The van der Waals surface area contributed by atoms with Gasteiger partial charge in [0.1, 0.15) is 0 Å². The van der Waals surface area contributed by atoms with E-state index in [1.807, 2.05) is 0 Å². The highest BCUT2D eigenvalue weighted by Crippen LogP contribution is 2.59. The Kier molecular flexibility index (Phi) is 6.47. The van der Waals surface area contributed by atoms with Crippen molar-refractivity contribution in [3.8, 4) is 0 Å². The largest absolute Gasteiger partial charge is 0.394 e. The molecule has 0 radical (unpaired) electrons. The van der Waals surface area contributed by atoms with E-state index in [1.54, 1.807) is 13.8 Å². The zero-order valence-corrected chi connectivity index (χ0v) is 9.01. The molecule has 6 heteroatoms. The van der Waals surface area contributed by atoms with Gasteiger partial charge in [-0.15, -0.1) is 0 Å². The highest BCUT2D eigenvalue weighted by molar-refractivity contribution is 8.63. The second-order valence-electron chi connectivity index (χ2n) is 1.48. The summed E-state index contributed by atoms with van der Waals surface area (Å²) in [6.07, 6.45) is 0. The maximum absolute atomic E-state index is 11.4. The van der Waals surface area contributed by atoms with Crippen molar-refractivity contribution in [2.24, 2.45) is 0 Å². The first-order valence-electron chi connectivity index (χ1n) is 3.19. The molecule has 0 saturated heterocycles. The normalized spacial score (nSPS) is 11.5. The van der Waals surface area contributed by atoms with Crippen LogP contribution in [0.15, 0.2) is 0 Å². The second-order valence-corrected chi connectivity index (χ2v) is 5.85. The van der Waals surface area contributed by atoms with E-state index in [0.717, 1.165) is 11.4 Å². The average Bonchev–Trinajstić information content (AvgIpc) is 1.88. The van der Waals surface area contributed by atoms with Gasteiger partial charge in [0.05, 0.1) is 13.2 Å². The predicted octanol–water partition coefficient (Wildman–Crippen LogP) is 2.86. The molecular formula is C5H11O3PS2. The minimum Gasteiger partial charge on any atom is -0.301 e. The van der Waals surface area contributed by atoms with E-state index in [1.165, 1.54) is 4.70 Å². The molecule has 0 atom stereocenters. The summed E-state index contributed by atoms with van der Waals surface area (Å²) in [5, 5.41) is 0. The van der Waals surface area contributed by atoms with Crippen LogP contribution < -0.4 is 0 Å². The molecule has 0 heterocycles. The maximum atomic E-state index is 11.4. The Morgan fingerprint density at radius 1 is 1.45 bits per heavy atom. The molecule has 66 valence electrons. The lowest BCUT2D eigenvalue weighted by Crippen LogP contribution is -1.91. The van der Waals surface area contributed by atoms with E-state index in [-0.39, 0.29) is 0 Å². The highest BCUT2D eigenvalue weighted by atomic mass is 32.7. The summed E-state index contributed by atoms with van der Waals surface area (Å²) >= 11 is 5.46. The maximum Gasteiger partial charge on any atom is 0.394 e. The molecule has 3 nitrogen and oxygen atoms in total. The predicted molar refractivity (Wildman–Crippen MR) is 52.1 cm³/mol. The fraction of sp³-hybridized carbons (Fsp3) is 0.800. The fourth-order valence-electron chi connectivity index (χ4n) is 0.467. The number of hydrogen-bond donors (Lipinski definition) is 0. The molecule has 0 aromatic rings. The lowest BCUT2D eigenvalue weighted by atomic mass is 10.9. The molecule has 0 aliphatic carbocycles. The number of rotatable bonds is 6. The van der Waals surface area contributed by atoms with Gasteiger partial charge >= 0.3 is 6.80 Å². The van der Waals surface area contributed by atoms with Gasteiger partial charge in [0, 0.05) is 4.70 Å². The monoisotopic (exact) mass is 214 g/mol. The molecule has 0 bridgehead atoms. The summed E-state index contributed by atoms with van der Waals surface area (Å²) in [6, 6.07) is 0. The molecule has 0 rings (SSSR count). The highest BCUT2D eigenvalue weighted by Gasteiger charge is 2.22. The Morgan fingerprint density at radius 2 is 1.91 bits per heavy atom. The van der Waals surface area contributed by atoms with Gasteiger partial charge in [0.15, 0.2) is 0 Å². The average molecular weight is 214 g/mol. The molecule has 0 aliphatic heterocycles. The summed E-state index contributed by atoms with van der Waals surface area (Å²) in [4.78, 5) is 0. The third kappa shape index (κ3) is 4.93. The molecule has 11 heavy (non-hydrogen) atoms. The minimum absolute atomic E-state index is 0.369. The minimum atomic E-state index is -2.96. The quantitative estimate of drug-likeness (QED) is 0.502. The Bertz CT molecular complexity index is 152. The molecule has 0 spiro atoms. The molecule has 0 aliphatic rings. The Balaban J connectivity index is 4.01. The van der Waals surface area contributed by atoms with Crippen LogP contribution in [-0.2, 0) is 13.6 Å². The van der Waals surface area contributed by atoms with Crippen LogP contribution in [0, 0.1) is 0 Å². The van der Waals surface area contributed by atoms with Crippen LogP contribution in [0.3, 0.4) is 0 Å². The van der Waals surface area contributed by atoms with E-state index in [0.29, 0.717) is 13.2 Å². The van der Waals surface area contributed by atoms with Gasteiger partial charge in [-0.25, -0.2) is 4.57 Å². The molecule has 0 saturated carbocycles. The van der Waals surface area contributed by atoms with Crippen molar-refractivity contribution in [2.45, 2.75) is 13.8 Å². The van der Waals surface area contributed by atoms with Crippen LogP contribution in [0.1, 0.15) is 13.8 Å². The van der Waals surface area contributed by atoms with Crippen molar-refractivity contribution in [1.29, 1.82) is 0 Å². The molecule has 0 aromatic carbocycles. The van der Waals surface area contributed by atoms with Gasteiger partial charge in [-0.05, 0) is 25.2 Å². The Labute approximate surface area is 76.1 Å². The third-order valence-corrected chi connectivity index (χ3v) is 4.68. The summed E-state index contributed by atoms with van der Waals surface area (Å²) in [5.74, 6) is 0. The summed E-state index contributed by atoms with van der Waals surface area (Å²) in [6.45, 7) is 1.29. The molecular weight excluding hydrogens is 203 g/mol. The van der Waals surface area contributed by atoms with Crippen molar-refractivity contribution in [3.63, 3.8) is 0 Å². The van der Waals surface area contributed by atoms with Gasteiger partial charge in [0.25, 0.3) is 0 Å². The number of hydrogen-bond acceptors (Lipinski definition) is 5. The zero-order valence-electron chi connectivity index (χ0n) is 6.48. The first-order valence-corrected chi connectivity index (χ1v) is 6.69. The number of thiocarbonyl (C=S) groups is 1. The van der Waals surface area contributed by atoms with Crippen molar-refractivity contribution in [1.82, 2.24) is 0 Å². The molecule has 0 fully saturated rings. The van der Waals surface area contributed by atoms with Gasteiger partial charge < -0.3 is 9.05 Å². The standard InChI is InChI=1S/C5H11O3PS2/c1-3-7-9(6,8-4-2)11-5-10/h5H,3-4H2,1-2H3. The van der Waals surface area contributed by atoms with Crippen LogP contribution in [0.5, 0.6) is 0 Å². The molecule has 0 unspecified atom stereocenters. The molecule has 0 aromatic heterocycles. The van der Waals surface area contributed by atoms with Gasteiger partial charge in [-0.3, -0.25) is 0 Å². The summed E-state index contributed by atoms with van der Waals surface area (Å²) in [7, 11) is 0. The SMILES string of the molecule is CCOP(=O)(OCC)SC=S. The topological polar surface area (TPSA) is 35.5 Å². The second kappa shape index (κ2) is 6.14. The van der Waals surface area contributed by atoms with Crippen LogP contribution >= 0.6 is 30.4 Å². The van der Waals surface area contributed by atoms with Gasteiger partial charge in [0.2, 0.25) is 0 Å². The van der Waals surface area contributed by atoms with Crippen LogP contribution in [-0.4, -0.2) is 17.9 Å². The fourth-order valence-corrected chi connectivity index (χ4v) is 3.66. The van der Waals surface area contributed by atoms with Crippen LogP contribution in [0.25, 0.3) is 0 Å². The smallest absolute Gasteiger partial charge is 0.301 e. The van der Waals surface area contributed by atoms with Gasteiger partial charge in [-0.1, -0.05) is 12.2 Å². The van der Waals surface area contributed by atoms with Crippen LogP contribution in [0.2, 0.25) is 0 Å². The third-order valence-electron chi connectivity index (χ3n) is 0.747. The van der Waals surface area contributed by atoms with Crippen molar-refractivity contribution in [2.75, 3.05) is 13.2 Å². The first kappa shape index (κ1) is 11.6.